The van der Waals surface area contributed by atoms with Crippen molar-refractivity contribution < 1.29 is 14.6 Å². The Morgan fingerprint density at radius 1 is 1.62 bits per heavy atom. The lowest BCUT2D eigenvalue weighted by Gasteiger charge is -2.26. The van der Waals surface area contributed by atoms with Crippen molar-refractivity contribution in [1.82, 2.24) is 0 Å². The van der Waals surface area contributed by atoms with Gasteiger partial charge in [0.25, 0.3) is 0 Å². The van der Waals surface area contributed by atoms with E-state index in [9.17, 15) is 4.79 Å². The van der Waals surface area contributed by atoms with E-state index >= 15 is 0 Å². The Kier molecular flexibility index (Phi) is 4.74. The summed E-state index contributed by atoms with van der Waals surface area (Å²) in [5.41, 5.74) is 4.92. The summed E-state index contributed by atoms with van der Waals surface area (Å²) in [6.07, 6.45) is 3.18. The van der Waals surface area contributed by atoms with E-state index in [2.05, 4.69) is 13.8 Å². The van der Waals surface area contributed by atoms with Gasteiger partial charge in [-0.3, -0.25) is 4.79 Å². The van der Waals surface area contributed by atoms with Gasteiger partial charge in [0.1, 0.15) is 5.54 Å². The lowest BCUT2D eigenvalue weighted by Crippen LogP contribution is -2.51. The van der Waals surface area contributed by atoms with Gasteiger partial charge in [0.15, 0.2) is 0 Å². The number of rotatable bonds is 6. The van der Waals surface area contributed by atoms with Crippen molar-refractivity contribution in [3.05, 3.63) is 0 Å². The monoisotopic (exact) mass is 229 g/mol. The first kappa shape index (κ1) is 13.5. The Labute approximate surface area is 97.2 Å². The summed E-state index contributed by atoms with van der Waals surface area (Å²) in [5.74, 6) is -0.276. The van der Waals surface area contributed by atoms with Crippen molar-refractivity contribution in [2.24, 2.45) is 17.6 Å². The first-order chi connectivity index (χ1) is 7.47. The highest BCUT2D eigenvalue weighted by Gasteiger charge is 2.45. The molecule has 0 aromatic carbocycles. The standard InChI is InChI=1S/C12H23NO3/c1-9(2)8-16-7-5-10-4-3-6-12(10,13)11(14)15/h9-10H,3-8,13H2,1-2H3,(H,14,15). The van der Waals surface area contributed by atoms with E-state index in [0.717, 1.165) is 25.9 Å². The second kappa shape index (κ2) is 5.64. The maximum Gasteiger partial charge on any atom is 0.323 e. The molecule has 1 aliphatic carbocycles. The Morgan fingerprint density at radius 2 is 2.31 bits per heavy atom. The highest BCUT2D eigenvalue weighted by atomic mass is 16.5. The molecule has 0 aliphatic heterocycles. The zero-order valence-corrected chi connectivity index (χ0v) is 10.2. The molecule has 0 heterocycles. The lowest BCUT2D eigenvalue weighted by atomic mass is 9.86. The van der Waals surface area contributed by atoms with Crippen molar-refractivity contribution in [3.63, 3.8) is 0 Å². The van der Waals surface area contributed by atoms with Crippen LogP contribution in [-0.4, -0.2) is 29.8 Å². The van der Waals surface area contributed by atoms with Crippen LogP contribution < -0.4 is 5.73 Å². The Hall–Kier alpha value is -0.610. The third-order valence-corrected chi connectivity index (χ3v) is 3.33. The SMILES string of the molecule is CC(C)COCCC1CCCC1(N)C(=O)O. The van der Waals surface area contributed by atoms with Crippen molar-refractivity contribution in [2.75, 3.05) is 13.2 Å². The number of nitrogens with two attached hydrogens (primary N) is 1. The molecule has 4 heteroatoms. The molecule has 1 saturated carbocycles. The number of ether oxygens (including phenoxy) is 1. The van der Waals surface area contributed by atoms with Gasteiger partial charge in [-0.05, 0) is 31.1 Å². The van der Waals surface area contributed by atoms with Gasteiger partial charge >= 0.3 is 5.97 Å². The lowest BCUT2D eigenvalue weighted by molar-refractivity contribution is -0.145. The predicted octanol–water partition coefficient (Wildman–Crippen LogP) is 1.63. The maximum absolute atomic E-state index is 11.1. The minimum Gasteiger partial charge on any atom is -0.480 e. The zero-order valence-electron chi connectivity index (χ0n) is 10.2. The van der Waals surface area contributed by atoms with E-state index in [1.807, 2.05) is 0 Å². The third-order valence-electron chi connectivity index (χ3n) is 3.33. The molecule has 94 valence electrons. The van der Waals surface area contributed by atoms with Crippen molar-refractivity contribution in [3.8, 4) is 0 Å². The molecule has 1 aliphatic rings. The summed E-state index contributed by atoms with van der Waals surface area (Å²) in [4.78, 5) is 11.1. The summed E-state index contributed by atoms with van der Waals surface area (Å²) in [6.45, 7) is 5.55. The molecule has 0 amide bonds. The van der Waals surface area contributed by atoms with Gasteiger partial charge in [-0.25, -0.2) is 0 Å². The topological polar surface area (TPSA) is 72.5 Å². The van der Waals surface area contributed by atoms with E-state index in [0.29, 0.717) is 18.9 Å². The number of hydrogen-bond acceptors (Lipinski definition) is 3. The van der Waals surface area contributed by atoms with Gasteiger partial charge in [-0.15, -0.1) is 0 Å². The minimum absolute atomic E-state index is 0.0668. The zero-order chi connectivity index (χ0) is 12.2. The van der Waals surface area contributed by atoms with Gasteiger partial charge < -0.3 is 15.6 Å². The summed E-state index contributed by atoms with van der Waals surface area (Å²) in [6, 6.07) is 0. The largest absolute Gasteiger partial charge is 0.480 e. The molecule has 1 fully saturated rings. The minimum atomic E-state index is -1.01. The Balaban J connectivity index is 2.33. The second-order valence-corrected chi connectivity index (χ2v) is 5.19. The highest BCUT2D eigenvalue weighted by molar-refractivity contribution is 5.79. The molecule has 0 saturated heterocycles. The molecule has 0 aromatic rings. The molecule has 0 radical (unpaired) electrons. The van der Waals surface area contributed by atoms with Crippen LogP contribution in [0.2, 0.25) is 0 Å². The smallest absolute Gasteiger partial charge is 0.323 e. The van der Waals surface area contributed by atoms with Gasteiger partial charge in [0.2, 0.25) is 0 Å². The predicted molar refractivity (Wildman–Crippen MR) is 62.2 cm³/mol. The van der Waals surface area contributed by atoms with Gasteiger partial charge in [-0.1, -0.05) is 20.3 Å². The molecule has 1 rings (SSSR count). The second-order valence-electron chi connectivity index (χ2n) is 5.19. The average molecular weight is 229 g/mol. The van der Waals surface area contributed by atoms with Crippen LogP contribution in [0.15, 0.2) is 0 Å². The number of carbonyl (C=O) groups is 1. The first-order valence-electron chi connectivity index (χ1n) is 6.07. The van der Waals surface area contributed by atoms with Gasteiger partial charge in [0.05, 0.1) is 0 Å². The Morgan fingerprint density at radius 3 is 2.88 bits per heavy atom. The van der Waals surface area contributed by atoms with E-state index < -0.39 is 11.5 Å². The molecule has 16 heavy (non-hydrogen) atoms. The van der Waals surface area contributed by atoms with Crippen LogP contribution in [0.5, 0.6) is 0 Å². The van der Waals surface area contributed by atoms with E-state index in [4.69, 9.17) is 15.6 Å². The number of carboxylic acids is 1. The van der Waals surface area contributed by atoms with Gasteiger partial charge in [-0.2, -0.15) is 0 Å². The van der Waals surface area contributed by atoms with E-state index in [1.165, 1.54) is 0 Å². The van der Waals surface area contributed by atoms with Crippen LogP contribution in [0.3, 0.4) is 0 Å². The Bertz CT molecular complexity index is 242. The molecule has 4 nitrogen and oxygen atoms in total. The molecule has 2 unspecified atom stereocenters. The maximum atomic E-state index is 11.1. The molecule has 2 atom stereocenters. The quantitative estimate of drug-likeness (QED) is 0.679. The van der Waals surface area contributed by atoms with Crippen LogP contribution in [0.1, 0.15) is 39.5 Å². The van der Waals surface area contributed by atoms with E-state index in [-0.39, 0.29) is 5.92 Å². The first-order valence-corrected chi connectivity index (χ1v) is 6.07. The van der Waals surface area contributed by atoms with Crippen LogP contribution in [0, 0.1) is 11.8 Å². The summed E-state index contributed by atoms with van der Waals surface area (Å²) in [5, 5.41) is 9.12. The fourth-order valence-electron chi connectivity index (χ4n) is 2.33. The number of aliphatic carboxylic acids is 1. The van der Waals surface area contributed by atoms with Crippen LogP contribution in [-0.2, 0) is 9.53 Å². The normalized spacial score (nSPS) is 29.9. The summed E-state index contributed by atoms with van der Waals surface area (Å²) >= 11 is 0. The van der Waals surface area contributed by atoms with Crippen molar-refractivity contribution >= 4 is 5.97 Å². The third kappa shape index (κ3) is 3.19. The number of hydrogen-bond donors (Lipinski definition) is 2. The van der Waals surface area contributed by atoms with Crippen LogP contribution >= 0.6 is 0 Å². The van der Waals surface area contributed by atoms with Crippen molar-refractivity contribution in [1.29, 1.82) is 0 Å². The molecular weight excluding hydrogens is 206 g/mol. The number of carboxylic acid groups (broad SMARTS) is 1. The van der Waals surface area contributed by atoms with Gasteiger partial charge in [0, 0.05) is 13.2 Å². The van der Waals surface area contributed by atoms with Crippen molar-refractivity contribution in [2.45, 2.75) is 45.1 Å². The fraction of sp³-hybridized carbons (Fsp3) is 0.917. The average Bonchev–Trinajstić information content (AvgIpc) is 2.56. The highest BCUT2D eigenvalue weighted by Crippen LogP contribution is 2.36. The molecular formula is C12H23NO3. The molecule has 0 aromatic heterocycles. The molecule has 0 bridgehead atoms. The van der Waals surface area contributed by atoms with Crippen LogP contribution in [0.25, 0.3) is 0 Å². The molecule has 3 N–H and O–H groups in total. The van der Waals surface area contributed by atoms with Crippen LogP contribution in [0.4, 0.5) is 0 Å². The summed E-state index contributed by atoms with van der Waals surface area (Å²) < 4.78 is 5.48. The molecule has 0 spiro atoms. The van der Waals surface area contributed by atoms with E-state index in [1.54, 1.807) is 0 Å². The summed E-state index contributed by atoms with van der Waals surface area (Å²) in [7, 11) is 0. The fourth-order valence-corrected chi connectivity index (χ4v) is 2.33.